The second-order valence-electron chi connectivity index (χ2n) is 4.41. The summed E-state index contributed by atoms with van der Waals surface area (Å²) in [6.45, 7) is 2.80. The highest BCUT2D eigenvalue weighted by molar-refractivity contribution is 5.96. The SMILES string of the molecule is COc1ccccc1C(=O)N(C)CC1CNC1. The zero-order valence-electron chi connectivity index (χ0n) is 10.3. The first-order valence-corrected chi connectivity index (χ1v) is 5.81. The topological polar surface area (TPSA) is 41.6 Å². The van der Waals surface area contributed by atoms with Gasteiger partial charge < -0.3 is 15.0 Å². The van der Waals surface area contributed by atoms with Crippen LogP contribution in [0.25, 0.3) is 0 Å². The van der Waals surface area contributed by atoms with Crippen LogP contribution in [0.1, 0.15) is 10.4 Å². The highest BCUT2D eigenvalue weighted by atomic mass is 16.5. The third-order valence-electron chi connectivity index (χ3n) is 3.08. The van der Waals surface area contributed by atoms with E-state index in [0.29, 0.717) is 17.2 Å². The number of rotatable bonds is 4. The summed E-state index contributed by atoms with van der Waals surface area (Å²) in [6, 6.07) is 7.34. The quantitative estimate of drug-likeness (QED) is 0.844. The van der Waals surface area contributed by atoms with E-state index in [1.165, 1.54) is 0 Å². The number of hydrogen-bond donors (Lipinski definition) is 1. The predicted octanol–water partition coefficient (Wildman–Crippen LogP) is 0.987. The normalized spacial score (nSPS) is 15.2. The van der Waals surface area contributed by atoms with E-state index in [9.17, 15) is 4.79 Å². The van der Waals surface area contributed by atoms with Gasteiger partial charge in [0.05, 0.1) is 12.7 Å². The van der Waals surface area contributed by atoms with Gasteiger partial charge in [0.2, 0.25) is 0 Å². The molecule has 1 aliphatic heterocycles. The van der Waals surface area contributed by atoms with Gasteiger partial charge in [-0.3, -0.25) is 4.79 Å². The number of methoxy groups -OCH3 is 1. The van der Waals surface area contributed by atoms with Crippen molar-refractivity contribution in [2.75, 3.05) is 33.8 Å². The summed E-state index contributed by atoms with van der Waals surface area (Å²) in [5, 5.41) is 3.21. The lowest BCUT2D eigenvalue weighted by Crippen LogP contribution is -2.48. The van der Waals surface area contributed by atoms with Gasteiger partial charge in [0, 0.05) is 32.6 Å². The summed E-state index contributed by atoms with van der Waals surface area (Å²) in [6.07, 6.45) is 0. The molecule has 2 rings (SSSR count). The largest absolute Gasteiger partial charge is 0.496 e. The van der Waals surface area contributed by atoms with E-state index in [4.69, 9.17) is 4.74 Å². The number of amides is 1. The number of hydrogen-bond acceptors (Lipinski definition) is 3. The Morgan fingerprint density at radius 2 is 2.18 bits per heavy atom. The van der Waals surface area contributed by atoms with Crippen molar-refractivity contribution in [2.24, 2.45) is 5.92 Å². The van der Waals surface area contributed by atoms with E-state index in [-0.39, 0.29) is 5.91 Å². The maximum Gasteiger partial charge on any atom is 0.257 e. The molecule has 0 radical (unpaired) electrons. The first-order valence-electron chi connectivity index (χ1n) is 5.81. The first-order chi connectivity index (χ1) is 8.22. The number of nitrogens with one attached hydrogen (secondary N) is 1. The summed E-state index contributed by atoms with van der Waals surface area (Å²) >= 11 is 0. The van der Waals surface area contributed by atoms with Crippen LogP contribution in [0.2, 0.25) is 0 Å². The van der Waals surface area contributed by atoms with Gasteiger partial charge in [0.25, 0.3) is 5.91 Å². The first kappa shape index (κ1) is 11.9. The number of ether oxygens (including phenoxy) is 1. The monoisotopic (exact) mass is 234 g/mol. The van der Waals surface area contributed by atoms with Crippen molar-refractivity contribution in [3.63, 3.8) is 0 Å². The predicted molar refractivity (Wildman–Crippen MR) is 66.3 cm³/mol. The molecule has 92 valence electrons. The maximum atomic E-state index is 12.2. The molecule has 1 amide bonds. The van der Waals surface area contributed by atoms with Crippen LogP contribution >= 0.6 is 0 Å². The summed E-state index contributed by atoms with van der Waals surface area (Å²) in [5.41, 5.74) is 0.629. The van der Waals surface area contributed by atoms with Gasteiger partial charge in [-0.15, -0.1) is 0 Å². The highest BCUT2D eigenvalue weighted by Gasteiger charge is 2.22. The number of carbonyl (C=O) groups excluding carboxylic acids is 1. The van der Waals surface area contributed by atoms with E-state index >= 15 is 0 Å². The average molecular weight is 234 g/mol. The van der Waals surface area contributed by atoms with Crippen LogP contribution < -0.4 is 10.1 Å². The Labute approximate surface area is 102 Å². The second-order valence-corrected chi connectivity index (χ2v) is 4.41. The van der Waals surface area contributed by atoms with Crippen molar-refractivity contribution in [3.8, 4) is 5.75 Å². The highest BCUT2D eigenvalue weighted by Crippen LogP contribution is 2.19. The summed E-state index contributed by atoms with van der Waals surface area (Å²) in [7, 11) is 3.43. The fourth-order valence-corrected chi connectivity index (χ4v) is 1.97. The van der Waals surface area contributed by atoms with E-state index in [0.717, 1.165) is 19.6 Å². The number of nitrogens with zero attached hydrogens (tertiary/aromatic N) is 1. The molecule has 1 heterocycles. The average Bonchev–Trinajstić information content (AvgIpc) is 2.32. The van der Waals surface area contributed by atoms with Gasteiger partial charge in [0.1, 0.15) is 5.75 Å². The van der Waals surface area contributed by atoms with Crippen LogP contribution in [-0.2, 0) is 0 Å². The molecule has 1 aliphatic rings. The zero-order valence-corrected chi connectivity index (χ0v) is 10.3. The molecule has 1 fully saturated rings. The Morgan fingerprint density at radius 1 is 1.47 bits per heavy atom. The summed E-state index contributed by atoms with van der Waals surface area (Å²) in [5.74, 6) is 1.24. The molecule has 4 nitrogen and oxygen atoms in total. The zero-order chi connectivity index (χ0) is 12.3. The van der Waals surface area contributed by atoms with E-state index < -0.39 is 0 Å². The fourth-order valence-electron chi connectivity index (χ4n) is 1.97. The summed E-state index contributed by atoms with van der Waals surface area (Å²) < 4.78 is 5.20. The molecular formula is C13H18N2O2. The van der Waals surface area contributed by atoms with Crippen LogP contribution in [0.4, 0.5) is 0 Å². The molecule has 0 aromatic heterocycles. The van der Waals surface area contributed by atoms with Crippen LogP contribution in [-0.4, -0.2) is 44.6 Å². The molecule has 0 unspecified atom stereocenters. The van der Waals surface area contributed by atoms with Crippen molar-refractivity contribution in [1.82, 2.24) is 10.2 Å². The lowest BCUT2D eigenvalue weighted by Gasteiger charge is -2.31. The molecule has 0 spiro atoms. The minimum atomic E-state index is 0.0225. The minimum Gasteiger partial charge on any atom is -0.496 e. The number of benzene rings is 1. The lowest BCUT2D eigenvalue weighted by atomic mass is 10.0. The smallest absolute Gasteiger partial charge is 0.257 e. The molecule has 1 aromatic rings. The van der Waals surface area contributed by atoms with Gasteiger partial charge in [-0.1, -0.05) is 12.1 Å². The molecule has 1 N–H and O–H groups in total. The molecule has 17 heavy (non-hydrogen) atoms. The van der Waals surface area contributed by atoms with Gasteiger partial charge in [-0.2, -0.15) is 0 Å². The standard InChI is InChI=1S/C13H18N2O2/c1-15(9-10-7-14-8-10)13(16)11-5-3-4-6-12(11)17-2/h3-6,10,14H,7-9H2,1-2H3. The van der Waals surface area contributed by atoms with Gasteiger partial charge in [0.15, 0.2) is 0 Å². The summed E-state index contributed by atoms with van der Waals surface area (Å²) in [4.78, 5) is 14.0. The second kappa shape index (κ2) is 5.19. The van der Waals surface area contributed by atoms with Crippen molar-refractivity contribution in [1.29, 1.82) is 0 Å². The maximum absolute atomic E-state index is 12.2. The molecule has 0 bridgehead atoms. The Hall–Kier alpha value is -1.55. The van der Waals surface area contributed by atoms with Gasteiger partial charge >= 0.3 is 0 Å². The van der Waals surface area contributed by atoms with Crippen LogP contribution in [0, 0.1) is 5.92 Å². The third kappa shape index (κ3) is 2.58. The lowest BCUT2D eigenvalue weighted by molar-refractivity contribution is 0.0752. The third-order valence-corrected chi connectivity index (χ3v) is 3.08. The Bertz CT molecular complexity index is 402. The molecule has 1 saturated heterocycles. The van der Waals surface area contributed by atoms with Crippen LogP contribution in [0.3, 0.4) is 0 Å². The Kier molecular flexibility index (Phi) is 3.64. The van der Waals surface area contributed by atoms with Crippen molar-refractivity contribution in [3.05, 3.63) is 29.8 Å². The molecular weight excluding hydrogens is 216 g/mol. The van der Waals surface area contributed by atoms with Gasteiger partial charge in [-0.25, -0.2) is 0 Å². The molecule has 0 atom stereocenters. The van der Waals surface area contributed by atoms with Crippen molar-refractivity contribution >= 4 is 5.91 Å². The van der Waals surface area contributed by atoms with E-state index in [2.05, 4.69) is 5.32 Å². The molecule has 4 heteroatoms. The number of carbonyl (C=O) groups is 1. The van der Waals surface area contributed by atoms with Crippen LogP contribution in [0.5, 0.6) is 5.75 Å². The van der Waals surface area contributed by atoms with E-state index in [1.54, 1.807) is 18.1 Å². The van der Waals surface area contributed by atoms with E-state index in [1.807, 2.05) is 25.2 Å². The van der Waals surface area contributed by atoms with Crippen molar-refractivity contribution in [2.45, 2.75) is 0 Å². The van der Waals surface area contributed by atoms with Gasteiger partial charge in [-0.05, 0) is 12.1 Å². The Morgan fingerprint density at radius 3 is 2.76 bits per heavy atom. The molecule has 0 aliphatic carbocycles. The molecule has 1 aromatic carbocycles. The fraction of sp³-hybridized carbons (Fsp3) is 0.462. The van der Waals surface area contributed by atoms with Crippen molar-refractivity contribution < 1.29 is 9.53 Å². The Balaban J connectivity index is 2.06. The minimum absolute atomic E-state index is 0.0225. The van der Waals surface area contributed by atoms with Crippen LogP contribution in [0.15, 0.2) is 24.3 Å². The number of para-hydroxylation sites is 1. The molecule has 0 saturated carbocycles.